The molecule has 15 nitrogen and oxygen atoms in total. The highest BCUT2D eigenvalue weighted by Crippen LogP contribution is 2.41. The minimum absolute atomic E-state index is 0.00326. The summed E-state index contributed by atoms with van der Waals surface area (Å²) in [6.45, 7) is 7.59. The number of amides is 4. The molecule has 16 heteroatoms. The summed E-state index contributed by atoms with van der Waals surface area (Å²) in [7, 11) is -3.14. The molecule has 292 valence electrons. The number of nitrogens with zero attached hydrogens (tertiary/aromatic N) is 6. The van der Waals surface area contributed by atoms with Gasteiger partial charge in [-0.1, -0.05) is 12.1 Å². The predicted octanol–water partition coefficient (Wildman–Crippen LogP) is 6.79. The monoisotopic (exact) mass is 820 g/mol. The molecule has 4 N–H and O–H groups in total. The molecule has 6 aromatic rings. The molecule has 61 heavy (non-hydrogen) atoms. The highest BCUT2D eigenvalue weighted by atomic mass is 32.2. The van der Waals surface area contributed by atoms with E-state index < -0.39 is 33.5 Å². The minimum Gasteiger partial charge on any atom is -0.495 e. The predicted molar refractivity (Wildman–Crippen MR) is 220 cm³/mol. The summed E-state index contributed by atoms with van der Waals surface area (Å²) in [4.78, 5) is 59.3. The Morgan fingerprint density at radius 2 is 1.05 bits per heavy atom. The maximum Gasteiger partial charge on any atom is 0.266 e. The van der Waals surface area contributed by atoms with Gasteiger partial charge in [0, 0.05) is 28.6 Å². The second kappa shape index (κ2) is 14.4. The Morgan fingerprint density at radius 1 is 0.590 bits per heavy atom. The standard InChI is InChI=1S/C45H24N8O7S/c1-51-37-18-29(50)15-27(22-48)41(37)24-4-11-34-36(17-24)45(57)53(43(34)55)31-7-12-39(38(19-31)60-2)61(58,59)32-8-5-30(6-9-32)52-42(54)33-10-3-23(16-35(33)44(52)56)40-25(20-46)13-28(49)14-26(40)21-47/h3-19H,49-50H2,2H3. The molecule has 4 amide bonds. The zero-order chi connectivity index (χ0) is 43.5. The number of benzene rings is 6. The summed E-state index contributed by atoms with van der Waals surface area (Å²) >= 11 is 0. The summed E-state index contributed by atoms with van der Waals surface area (Å²) in [5.74, 6) is -3.01. The molecule has 0 saturated carbocycles. The van der Waals surface area contributed by atoms with Crippen LogP contribution in [0.4, 0.5) is 28.4 Å². The summed E-state index contributed by atoms with van der Waals surface area (Å²) in [6.07, 6.45) is 0. The molecule has 8 rings (SSSR count). The normalized spacial score (nSPS) is 12.9. The average molecular weight is 821 g/mol. The van der Waals surface area contributed by atoms with Crippen molar-refractivity contribution in [2.75, 3.05) is 28.4 Å². The van der Waals surface area contributed by atoms with Gasteiger partial charge in [0.2, 0.25) is 9.84 Å². The number of rotatable bonds is 7. The Morgan fingerprint density at radius 3 is 1.56 bits per heavy atom. The zero-order valence-electron chi connectivity index (χ0n) is 31.4. The lowest BCUT2D eigenvalue weighted by atomic mass is 9.92. The molecule has 2 heterocycles. The van der Waals surface area contributed by atoms with Gasteiger partial charge < -0.3 is 16.2 Å². The van der Waals surface area contributed by atoms with Crippen LogP contribution in [0.15, 0.2) is 113 Å². The van der Waals surface area contributed by atoms with Gasteiger partial charge in [0.25, 0.3) is 23.6 Å². The van der Waals surface area contributed by atoms with Crippen molar-refractivity contribution < 1.29 is 32.3 Å². The quantitative estimate of drug-likeness (QED) is 0.0960. The number of ether oxygens (including phenoxy) is 1. The van der Waals surface area contributed by atoms with Gasteiger partial charge in [-0.05, 0) is 96.1 Å². The fourth-order valence-electron chi connectivity index (χ4n) is 7.46. The van der Waals surface area contributed by atoms with Gasteiger partial charge in [-0.15, -0.1) is 0 Å². The number of carbonyl (C=O) groups excluding carboxylic acids is 4. The van der Waals surface area contributed by atoms with Crippen LogP contribution in [-0.4, -0.2) is 39.2 Å². The van der Waals surface area contributed by atoms with Crippen molar-refractivity contribution in [3.05, 3.63) is 153 Å². The third kappa shape index (κ3) is 6.05. The number of fused-ring (bicyclic) bond motifs is 2. The lowest BCUT2D eigenvalue weighted by Crippen LogP contribution is -2.29. The molecule has 6 aromatic carbocycles. The molecular weight excluding hydrogens is 797 g/mol. The van der Waals surface area contributed by atoms with Crippen LogP contribution < -0.4 is 26.0 Å². The summed E-state index contributed by atoms with van der Waals surface area (Å²) in [5.41, 5.74) is 13.9. The van der Waals surface area contributed by atoms with Crippen LogP contribution in [-0.2, 0) is 9.84 Å². The largest absolute Gasteiger partial charge is 0.495 e. The maximum atomic E-state index is 14.0. The van der Waals surface area contributed by atoms with Gasteiger partial charge in [-0.2, -0.15) is 15.8 Å². The topological polar surface area (TPSA) is 246 Å². The number of hydrogen-bond acceptors (Lipinski definition) is 12. The number of carbonyl (C=O) groups is 4. The van der Waals surface area contributed by atoms with Gasteiger partial charge in [0.15, 0.2) is 5.69 Å². The molecule has 0 unspecified atom stereocenters. The molecule has 0 fully saturated rings. The molecule has 0 aromatic heterocycles. The third-order valence-electron chi connectivity index (χ3n) is 10.2. The van der Waals surface area contributed by atoms with E-state index in [1.54, 1.807) is 0 Å². The van der Waals surface area contributed by atoms with E-state index in [4.69, 9.17) is 22.8 Å². The Hall–Kier alpha value is -9.09. The van der Waals surface area contributed by atoms with Crippen molar-refractivity contribution >= 4 is 61.9 Å². The second-order valence-electron chi connectivity index (χ2n) is 13.6. The smallest absolute Gasteiger partial charge is 0.266 e. The van der Waals surface area contributed by atoms with Crippen molar-refractivity contribution in [3.8, 4) is 46.2 Å². The lowest BCUT2D eigenvalue weighted by Gasteiger charge is -2.17. The first kappa shape index (κ1) is 38.8. The summed E-state index contributed by atoms with van der Waals surface area (Å²) in [5, 5.41) is 29.2. The van der Waals surface area contributed by atoms with Gasteiger partial charge in [-0.25, -0.2) is 23.1 Å². The van der Waals surface area contributed by atoms with Gasteiger partial charge in [-0.3, -0.25) is 19.2 Å². The van der Waals surface area contributed by atoms with Crippen LogP contribution >= 0.6 is 0 Å². The first-order valence-electron chi connectivity index (χ1n) is 17.8. The minimum atomic E-state index is -4.35. The van der Waals surface area contributed by atoms with Gasteiger partial charge in [0.05, 0.1) is 87.1 Å². The Balaban J connectivity index is 1.07. The first-order chi connectivity index (χ1) is 29.2. The zero-order valence-corrected chi connectivity index (χ0v) is 32.2. The van der Waals surface area contributed by atoms with Crippen LogP contribution in [0.1, 0.15) is 58.1 Å². The number of methoxy groups -OCH3 is 1. The number of nitriles is 3. The van der Waals surface area contributed by atoms with Crippen LogP contribution in [0.5, 0.6) is 5.75 Å². The number of nitrogens with two attached hydrogens (primary N) is 2. The molecular formula is C45H24N8O7S. The Labute approximate surface area is 346 Å². The van der Waals surface area contributed by atoms with E-state index >= 15 is 0 Å². The first-order valence-corrected chi connectivity index (χ1v) is 19.3. The number of anilines is 4. The number of sulfone groups is 1. The van der Waals surface area contributed by atoms with Crippen LogP contribution in [0.2, 0.25) is 0 Å². The molecule has 0 aliphatic carbocycles. The van der Waals surface area contributed by atoms with Crippen molar-refractivity contribution in [1.29, 1.82) is 15.8 Å². The lowest BCUT2D eigenvalue weighted by molar-refractivity contribution is 0.0910. The Bertz CT molecular complexity index is 3250. The number of nitrogen functional groups attached to an aromatic ring is 2. The highest BCUT2D eigenvalue weighted by molar-refractivity contribution is 7.91. The van der Waals surface area contributed by atoms with Crippen molar-refractivity contribution in [1.82, 2.24) is 0 Å². The second-order valence-corrected chi connectivity index (χ2v) is 15.6. The Kier molecular flexibility index (Phi) is 9.14. The van der Waals surface area contributed by atoms with E-state index in [-0.39, 0.29) is 94.0 Å². The van der Waals surface area contributed by atoms with Gasteiger partial charge >= 0.3 is 0 Å². The molecule has 0 saturated heterocycles. The fourth-order valence-corrected chi connectivity index (χ4v) is 8.86. The van der Waals surface area contributed by atoms with E-state index in [1.165, 1.54) is 110 Å². The van der Waals surface area contributed by atoms with Crippen LogP contribution in [0.3, 0.4) is 0 Å². The van der Waals surface area contributed by atoms with Crippen LogP contribution in [0.25, 0.3) is 27.1 Å². The van der Waals surface area contributed by atoms with E-state index in [0.717, 1.165) is 9.80 Å². The summed E-state index contributed by atoms with van der Waals surface area (Å²) in [6, 6.07) is 29.0. The van der Waals surface area contributed by atoms with E-state index in [1.807, 2.05) is 18.2 Å². The molecule has 0 atom stereocenters. The van der Waals surface area contributed by atoms with Crippen molar-refractivity contribution in [2.45, 2.75) is 9.79 Å². The highest BCUT2D eigenvalue weighted by Gasteiger charge is 2.39. The van der Waals surface area contributed by atoms with E-state index in [9.17, 15) is 43.4 Å². The summed E-state index contributed by atoms with van der Waals surface area (Å²) < 4.78 is 33.5. The molecule has 2 aliphatic heterocycles. The number of hydrogen-bond donors (Lipinski definition) is 2. The third-order valence-corrected chi connectivity index (χ3v) is 12.0. The van der Waals surface area contributed by atoms with Crippen LogP contribution in [0, 0.1) is 40.6 Å². The molecule has 0 radical (unpaired) electrons. The van der Waals surface area contributed by atoms with E-state index in [0.29, 0.717) is 11.1 Å². The number of imide groups is 2. The maximum absolute atomic E-state index is 14.0. The van der Waals surface area contributed by atoms with Gasteiger partial charge in [0.1, 0.15) is 10.6 Å². The van der Waals surface area contributed by atoms with Crippen molar-refractivity contribution in [3.63, 3.8) is 0 Å². The average Bonchev–Trinajstić information content (AvgIpc) is 3.67. The van der Waals surface area contributed by atoms with Crippen molar-refractivity contribution in [2.24, 2.45) is 0 Å². The molecule has 2 aliphatic rings. The molecule has 0 bridgehead atoms. The molecule has 0 spiro atoms. The SMILES string of the molecule is [C-]#[N+]c1cc(N)cc(C#N)c1-c1ccc2c(c1)C(=O)N(c1ccc(S(=O)(=O)c3ccc(N4C(=O)c5ccc(-c6c(C#N)cc(N)cc6C#N)cc5C4=O)cc3)c(OC)c1)C2=O. The fraction of sp³-hybridized carbons (Fsp3) is 0.0222. The van der Waals surface area contributed by atoms with E-state index in [2.05, 4.69) is 4.85 Å².